The predicted octanol–water partition coefficient (Wildman–Crippen LogP) is 2.87. The fourth-order valence-electron chi connectivity index (χ4n) is 4.12. The summed E-state index contributed by atoms with van der Waals surface area (Å²) in [7, 11) is 7.13. The first-order valence-electron chi connectivity index (χ1n) is 11.8. The smallest absolute Gasteiger partial charge is 0.320 e. The average molecular weight is 521 g/mol. The lowest BCUT2D eigenvalue weighted by Gasteiger charge is -2.28. The molecule has 188 valence electrons. The maximum atomic E-state index is 5.97. The van der Waals surface area contributed by atoms with E-state index in [2.05, 4.69) is 30.3 Å². The molecule has 12 heteroatoms. The van der Waals surface area contributed by atoms with Crippen LogP contribution in [0.25, 0.3) is 0 Å². The molecule has 0 spiro atoms. The second-order valence-electron chi connectivity index (χ2n) is 8.30. The van der Waals surface area contributed by atoms with E-state index in [1.807, 2.05) is 24.3 Å². The first-order valence-corrected chi connectivity index (χ1v) is 13.5. The Bertz CT molecular complexity index is 1030. The largest absolute Gasteiger partial charge is 0.492 e. The molecule has 0 aliphatic carbocycles. The van der Waals surface area contributed by atoms with E-state index in [-0.39, 0.29) is 0 Å². The Morgan fingerprint density at radius 2 is 1.83 bits per heavy atom. The number of fused-ring (bicyclic) bond motifs is 1. The summed E-state index contributed by atoms with van der Waals surface area (Å²) >= 11 is 0. The Morgan fingerprint density at radius 1 is 1.03 bits per heavy atom. The lowest BCUT2D eigenvalue weighted by Crippen LogP contribution is -2.39. The van der Waals surface area contributed by atoms with Crippen molar-refractivity contribution in [2.24, 2.45) is 5.10 Å². The van der Waals surface area contributed by atoms with Gasteiger partial charge in [-0.3, -0.25) is 10.3 Å². The van der Waals surface area contributed by atoms with Gasteiger partial charge in [0, 0.05) is 55.7 Å². The highest BCUT2D eigenvalue weighted by Gasteiger charge is 2.19. The van der Waals surface area contributed by atoms with Gasteiger partial charge < -0.3 is 23.8 Å². The van der Waals surface area contributed by atoms with Gasteiger partial charge in [0.05, 0.1) is 38.7 Å². The maximum absolute atomic E-state index is 5.97. The van der Waals surface area contributed by atoms with E-state index in [4.69, 9.17) is 29.6 Å². The topological polar surface area (TPSA) is 93.6 Å². The number of morpholine rings is 2. The number of aromatic nitrogens is 2. The number of hydrogen-bond acceptors (Lipinski definition) is 11. The van der Waals surface area contributed by atoms with E-state index in [1.54, 1.807) is 0 Å². The van der Waals surface area contributed by atoms with Crippen molar-refractivity contribution in [3.8, 4) is 11.8 Å². The van der Waals surface area contributed by atoms with Gasteiger partial charge in [0.25, 0.3) is 0 Å². The normalized spacial score (nSPS) is 19.8. The summed E-state index contributed by atoms with van der Waals surface area (Å²) in [6, 6.07) is 8.09. The lowest BCUT2D eigenvalue weighted by molar-refractivity contribution is 0.0317. The van der Waals surface area contributed by atoms with Crippen LogP contribution in [-0.2, 0) is 9.47 Å². The average Bonchev–Trinajstić information content (AvgIpc) is 2.92. The Kier molecular flexibility index (Phi) is 8.42. The maximum Gasteiger partial charge on any atom is 0.320 e. The van der Waals surface area contributed by atoms with Gasteiger partial charge in [-0.15, -0.1) is 0 Å². The molecular weight excluding hydrogens is 492 g/mol. The lowest BCUT2D eigenvalue weighted by atomic mass is 10.0. The van der Waals surface area contributed by atoms with Crippen LogP contribution in [0.4, 0.5) is 11.6 Å². The van der Waals surface area contributed by atoms with Crippen LogP contribution >= 0.6 is 21.7 Å². The molecular formula is C23H29ClN6O4S. The van der Waals surface area contributed by atoms with Gasteiger partial charge in [0.1, 0.15) is 18.2 Å². The van der Waals surface area contributed by atoms with Gasteiger partial charge in [-0.2, -0.15) is 15.1 Å². The van der Waals surface area contributed by atoms with E-state index in [0.29, 0.717) is 44.7 Å². The Morgan fingerprint density at radius 3 is 2.63 bits per heavy atom. The molecule has 2 fully saturated rings. The quantitative estimate of drug-likeness (QED) is 0.523. The van der Waals surface area contributed by atoms with Crippen LogP contribution < -0.4 is 19.8 Å². The Balaban J connectivity index is 1.33. The summed E-state index contributed by atoms with van der Waals surface area (Å²) in [6.07, 6.45) is 0.681. The number of nitrogens with zero attached hydrogens (tertiary/aromatic N) is 5. The predicted molar refractivity (Wildman–Crippen MR) is 136 cm³/mol. The van der Waals surface area contributed by atoms with Crippen LogP contribution in [0.5, 0.6) is 11.8 Å². The third-order valence-corrected chi connectivity index (χ3v) is 6.99. The summed E-state index contributed by atoms with van der Waals surface area (Å²) in [6.45, 7) is 8.09. The zero-order valence-electron chi connectivity index (χ0n) is 19.4. The van der Waals surface area contributed by atoms with Crippen LogP contribution in [-0.4, -0.2) is 92.9 Å². The van der Waals surface area contributed by atoms with Crippen molar-refractivity contribution in [3.05, 3.63) is 29.8 Å². The van der Waals surface area contributed by atoms with E-state index >= 15 is 0 Å². The molecule has 1 aromatic heterocycles. The van der Waals surface area contributed by atoms with Crippen LogP contribution in [0.3, 0.4) is 0 Å². The van der Waals surface area contributed by atoms with Gasteiger partial charge in [-0.1, -0.05) is 0 Å². The van der Waals surface area contributed by atoms with Crippen LogP contribution in [0.15, 0.2) is 34.3 Å². The zero-order valence-corrected chi connectivity index (χ0v) is 21.0. The molecule has 0 bridgehead atoms. The van der Waals surface area contributed by atoms with E-state index in [0.717, 1.165) is 73.7 Å². The molecule has 0 atom stereocenters. The van der Waals surface area contributed by atoms with Crippen molar-refractivity contribution >= 4 is 39.0 Å². The molecule has 0 amide bonds. The van der Waals surface area contributed by atoms with Crippen molar-refractivity contribution in [1.29, 1.82) is 0 Å². The van der Waals surface area contributed by atoms with E-state index < -0.39 is 0 Å². The van der Waals surface area contributed by atoms with E-state index in [9.17, 15) is 0 Å². The molecule has 0 saturated carbocycles. The number of ether oxygens (including phenoxy) is 4. The van der Waals surface area contributed by atoms with Crippen LogP contribution in [0, 0.1) is 0 Å². The number of benzene rings is 1. The van der Waals surface area contributed by atoms with Crippen LogP contribution in [0.1, 0.15) is 12.0 Å². The molecule has 3 aliphatic rings. The molecule has 2 saturated heterocycles. The fourth-order valence-corrected chi connectivity index (χ4v) is 4.69. The van der Waals surface area contributed by atoms with Crippen molar-refractivity contribution in [2.75, 3.05) is 82.7 Å². The standard InChI is InChI=1S/C23H29ClN6O4S/c24-35-17-1-2-20-18(15-17)19(3-9-33-20)27-28-21-16-22(30-7-12-32-13-8-30)26-23(25-21)34-14-6-29-4-10-31-11-5-29/h1-2,15-16H,3-14H2,(H,25,26,28). The number of anilines is 2. The number of hydrazone groups is 1. The Hall–Kier alpha value is -2.31. The van der Waals surface area contributed by atoms with Gasteiger partial charge >= 0.3 is 6.01 Å². The third kappa shape index (κ3) is 6.47. The highest BCUT2D eigenvalue weighted by atomic mass is 35.7. The summed E-state index contributed by atoms with van der Waals surface area (Å²) in [5.74, 6) is 2.17. The van der Waals surface area contributed by atoms with Crippen molar-refractivity contribution in [3.63, 3.8) is 0 Å². The van der Waals surface area contributed by atoms with Crippen molar-refractivity contribution < 1.29 is 18.9 Å². The zero-order chi connectivity index (χ0) is 23.9. The SMILES string of the molecule is ClSc1ccc2c(c1)C(=NNc1cc(N3CCOCC3)nc(OCCN3CCOCC3)n1)CCO2. The minimum atomic E-state index is 0.332. The Labute approximate surface area is 213 Å². The van der Waals surface area contributed by atoms with Crippen LogP contribution in [0.2, 0.25) is 0 Å². The highest BCUT2D eigenvalue weighted by molar-refractivity contribution is 8.21. The molecule has 3 aliphatic heterocycles. The second-order valence-corrected chi connectivity index (χ2v) is 9.39. The van der Waals surface area contributed by atoms with Gasteiger partial charge in [0.15, 0.2) is 5.82 Å². The highest BCUT2D eigenvalue weighted by Crippen LogP contribution is 2.31. The van der Waals surface area contributed by atoms with Gasteiger partial charge in [0.2, 0.25) is 0 Å². The molecule has 1 aromatic carbocycles. The van der Waals surface area contributed by atoms with Gasteiger partial charge in [-0.25, -0.2) is 0 Å². The fraction of sp³-hybridized carbons (Fsp3) is 0.522. The number of halogens is 1. The second kappa shape index (κ2) is 12.1. The van der Waals surface area contributed by atoms with E-state index in [1.165, 1.54) is 11.0 Å². The molecule has 35 heavy (non-hydrogen) atoms. The number of rotatable bonds is 8. The molecule has 1 N–H and O–H groups in total. The molecule has 5 rings (SSSR count). The number of hydrogen-bond donors (Lipinski definition) is 1. The first kappa shape index (κ1) is 24.4. The molecule has 0 unspecified atom stereocenters. The third-order valence-electron chi connectivity index (χ3n) is 6.02. The van der Waals surface area contributed by atoms with Crippen molar-refractivity contribution in [1.82, 2.24) is 14.9 Å². The summed E-state index contributed by atoms with van der Waals surface area (Å²) in [5, 5.41) is 4.67. The minimum Gasteiger partial charge on any atom is -0.492 e. The van der Waals surface area contributed by atoms with Crippen molar-refractivity contribution in [2.45, 2.75) is 11.3 Å². The molecule has 10 nitrogen and oxygen atoms in total. The summed E-state index contributed by atoms with van der Waals surface area (Å²) in [5.41, 5.74) is 4.95. The summed E-state index contributed by atoms with van der Waals surface area (Å²) < 4.78 is 22.7. The number of nitrogens with one attached hydrogen (secondary N) is 1. The van der Waals surface area contributed by atoms with Gasteiger partial charge in [-0.05, 0) is 39.9 Å². The molecule has 0 radical (unpaired) electrons. The molecule has 4 heterocycles. The first-order chi connectivity index (χ1) is 17.3. The minimum absolute atomic E-state index is 0.332. The monoisotopic (exact) mass is 520 g/mol. The molecule has 2 aromatic rings. The summed E-state index contributed by atoms with van der Waals surface area (Å²) in [4.78, 5) is 14.7.